The Morgan fingerprint density at radius 3 is 2.80 bits per heavy atom. The number of rotatable bonds is 5. The molecule has 0 aliphatic carbocycles. The zero-order valence-corrected chi connectivity index (χ0v) is 8.97. The van der Waals surface area contributed by atoms with E-state index < -0.39 is 5.97 Å². The summed E-state index contributed by atoms with van der Waals surface area (Å²) in [4.78, 5) is 20.7. The van der Waals surface area contributed by atoms with Crippen LogP contribution in [0.5, 0.6) is 0 Å². The number of aromatic nitrogens is 2. The van der Waals surface area contributed by atoms with Gasteiger partial charge >= 0.3 is 5.97 Å². The highest BCUT2D eigenvalue weighted by molar-refractivity contribution is 5.85. The van der Waals surface area contributed by atoms with Gasteiger partial charge in [-0.25, -0.2) is 14.8 Å². The fourth-order valence-electron chi connectivity index (χ4n) is 1.29. The minimum Gasteiger partial charge on any atom is -0.477 e. The molecule has 0 bridgehead atoms. The lowest BCUT2D eigenvalue weighted by atomic mass is 10.4. The minimum absolute atomic E-state index is 0.0366. The Morgan fingerprint density at radius 2 is 2.27 bits per heavy atom. The summed E-state index contributed by atoms with van der Waals surface area (Å²) in [5.41, 5.74) is 0.0366. The molecule has 5 heteroatoms. The van der Waals surface area contributed by atoms with Crippen LogP contribution < -0.4 is 4.90 Å². The molecule has 5 nitrogen and oxygen atoms in total. The second kappa shape index (κ2) is 5.29. The van der Waals surface area contributed by atoms with E-state index in [1.165, 1.54) is 12.3 Å². The molecular formula is C10H15N3O2. The van der Waals surface area contributed by atoms with Crippen molar-refractivity contribution in [2.75, 3.05) is 18.0 Å². The largest absolute Gasteiger partial charge is 0.477 e. The molecule has 0 unspecified atom stereocenters. The van der Waals surface area contributed by atoms with Crippen molar-refractivity contribution in [3.05, 3.63) is 18.0 Å². The van der Waals surface area contributed by atoms with Crippen molar-refractivity contribution >= 4 is 11.9 Å². The zero-order valence-electron chi connectivity index (χ0n) is 8.97. The second-order valence-electron chi connectivity index (χ2n) is 3.13. The van der Waals surface area contributed by atoms with Crippen molar-refractivity contribution in [1.82, 2.24) is 9.97 Å². The van der Waals surface area contributed by atoms with Crippen molar-refractivity contribution in [2.24, 2.45) is 0 Å². The first-order valence-corrected chi connectivity index (χ1v) is 5.00. The van der Waals surface area contributed by atoms with Gasteiger partial charge < -0.3 is 10.0 Å². The molecule has 0 spiro atoms. The Hall–Kier alpha value is -1.65. The van der Waals surface area contributed by atoms with Crippen LogP contribution >= 0.6 is 0 Å². The van der Waals surface area contributed by atoms with Crippen molar-refractivity contribution in [3.63, 3.8) is 0 Å². The minimum atomic E-state index is -1.02. The van der Waals surface area contributed by atoms with Gasteiger partial charge in [0.1, 0.15) is 0 Å². The summed E-state index contributed by atoms with van der Waals surface area (Å²) in [6.45, 7) is 5.66. The number of hydrogen-bond donors (Lipinski definition) is 1. The molecule has 15 heavy (non-hydrogen) atoms. The van der Waals surface area contributed by atoms with E-state index in [0.29, 0.717) is 5.95 Å². The Labute approximate surface area is 88.8 Å². The number of hydrogen-bond acceptors (Lipinski definition) is 4. The molecule has 1 N–H and O–H groups in total. The first kappa shape index (κ1) is 11.4. The van der Waals surface area contributed by atoms with Gasteiger partial charge in [-0.15, -0.1) is 0 Å². The third-order valence-corrected chi connectivity index (χ3v) is 2.02. The molecule has 0 aliphatic heterocycles. The number of anilines is 1. The van der Waals surface area contributed by atoms with Gasteiger partial charge in [-0.2, -0.15) is 0 Å². The molecule has 0 aromatic carbocycles. The Balaban J connectivity index is 2.92. The lowest BCUT2D eigenvalue weighted by Gasteiger charge is -2.19. The van der Waals surface area contributed by atoms with Crippen molar-refractivity contribution in [3.8, 4) is 0 Å². The van der Waals surface area contributed by atoms with E-state index in [4.69, 9.17) is 5.11 Å². The van der Waals surface area contributed by atoms with Crippen molar-refractivity contribution in [2.45, 2.75) is 20.3 Å². The molecule has 1 heterocycles. The van der Waals surface area contributed by atoms with E-state index in [2.05, 4.69) is 16.9 Å². The summed E-state index contributed by atoms with van der Waals surface area (Å²) < 4.78 is 0. The summed E-state index contributed by atoms with van der Waals surface area (Å²) in [6, 6.07) is 1.39. The van der Waals surface area contributed by atoms with Crippen LogP contribution in [-0.2, 0) is 0 Å². The molecule has 0 fully saturated rings. The summed E-state index contributed by atoms with van der Waals surface area (Å²) in [7, 11) is 0. The standard InChI is InChI=1S/C10H15N3O2/c1-3-7-13(4-2)10-11-6-5-8(12-10)9(14)15/h5-6H,3-4,7H2,1-2H3,(H,14,15). The van der Waals surface area contributed by atoms with E-state index in [1.54, 1.807) is 0 Å². The second-order valence-corrected chi connectivity index (χ2v) is 3.13. The van der Waals surface area contributed by atoms with Gasteiger partial charge in [-0.05, 0) is 19.4 Å². The third-order valence-electron chi connectivity index (χ3n) is 2.02. The zero-order chi connectivity index (χ0) is 11.3. The van der Waals surface area contributed by atoms with Gasteiger partial charge in [0.15, 0.2) is 5.69 Å². The van der Waals surface area contributed by atoms with E-state index >= 15 is 0 Å². The lowest BCUT2D eigenvalue weighted by Crippen LogP contribution is -2.26. The predicted octanol–water partition coefficient (Wildman–Crippen LogP) is 1.41. The maximum absolute atomic E-state index is 10.7. The van der Waals surface area contributed by atoms with Crippen LogP contribution in [0, 0.1) is 0 Å². The molecule has 1 aromatic rings. The van der Waals surface area contributed by atoms with E-state index in [0.717, 1.165) is 19.5 Å². The normalized spacial score (nSPS) is 10.0. The number of carboxylic acids is 1. The Bertz CT molecular complexity index is 341. The van der Waals surface area contributed by atoms with Crippen LogP contribution in [0.25, 0.3) is 0 Å². The van der Waals surface area contributed by atoms with Gasteiger partial charge in [0.05, 0.1) is 0 Å². The summed E-state index contributed by atoms with van der Waals surface area (Å²) in [5.74, 6) is -0.537. The van der Waals surface area contributed by atoms with Crippen LogP contribution in [0.1, 0.15) is 30.8 Å². The van der Waals surface area contributed by atoms with Gasteiger partial charge in [0.25, 0.3) is 0 Å². The molecule has 1 rings (SSSR count). The predicted molar refractivity (Wildman–Crippen MR) is 57.2 cm³/mol. The fourth-order valence-corrected chi connectivity index (χ4v) is 1.29. The molecule has 0 saturated heterocycles. The van der Waals surface area contributed by atoms with Gasteiger partial charge in [0.2, 0.25) is 5.95 Å². The highest BCUT2D eigenvalue weighted by atomic mass is 16.4. The molecular weight excluding hydrogens is 194 g/mol. The van der Waals surface area contributed by atoms with Crippen LogP contribution in [0.15, 0.2) is 12.3 Å². The average Bonchev–Trinajstić information content (AvgIpc) is 2.26. The Morgan fingerprint density at radius 1 is 1.53 bits per heavy atom. The average molecular weight is 209 g/mol. The SMILES string of the molecule is CCCN(CC)c1nccc(C(=O)O)n1. The molecule has 1 aromatic heterocycles. The molecule has 82 valence electrons. The molecule has 0 saturated carbocycles. The van der Waals surface area contributed by atoms with Crippen molar-refractivity contribution in [1.29, 1.82) is 0 Å². The lowest BCUT2D eigenvalue weighted by molar-refractivity contribution is 0.0690. The number of nitrogens with zero attached hydrogens (tertiary/aromatic N) is 3. The van der Waals surface area contributed by atoms with Gasteiger partial charge in [-0.1, -0.05) is 6.92 Å². The van der Waals surface area contributed by atoms with Gasteiger partial charge in [0, 0.05) is 19.3 Å². The van der Waals surface area contributed by atoms with E-state index in [9.17, 15) is 4.79 Å². The number of carboxylic acid groups (broad SMARTS) is 1. The monoisotopic (exact) mass is 209 g/mol. The maximum Gasteiger partial charge on any atom is 0.354 e. The third kappa shape index (κ3) is 2.90. The molecule has 0 aliphatic rings. The molecule has 0 radical (unpaired) electrons. The first-order chi connectivity index (χ1) is 7.19. The quantitative estimate of drug-likeness (QED) is 0.794. The Kier molecular flexibility index (Phi) is 4.03. The molecule has 0 atom stereocenters. The highest BCUT2D eigenvalue weighted by Gasteiger charge is 2.10. The van der Waals surface area contributed by atoms with Gasteiger partial charge in [-0.3, -0.25) is 0 Å². The number of carbonyl (C=O) groups is 1. The summed E-state index contributed by atoms with van der Waals surface area (Å²) in [5, 5.41) is 8.78. The van der Waals surface area contributed by atoms with Crippen LogP contribution in [0.3, 0.4) is 0 Å². The van der Waals surface area contributed by atoms with Crippen molar-refractivity contribution < 1.29 is 9.90 Å². The van der Waals surface area contributed by atoms with E-state index in [-0.39, 0.29) is 5.69 Å². The maximum atomic E-state index is 10.7. The first-order valence-electron chi connectivity index (χ1n) is 5.00. The molecule has 0 amide bonds. The van der Waals surface area contributed by atoms with Crippen LogP contribution in [0.2, 0.25) is 0 Å². The number of aromatic carboxylic acids is 1. The van der Waals surface area contributed by atoms with E-state index in [1.807, 2.05) is 11.8 Å². The topological polar surface area (TPSA) is 66.3 Å². The summed E-state index contributed by atoms with van der Waals surface area (Å²) in [6.07, 6.45) is 2.46. The van der Waals surface area contributed by atoms with Crippen LogP contribution in [0.4, 0.5) is 5.95 Å². The smallest absolute Gasteiger partial charge is 0.354 e. The highest BCUT2D eigenvalue weighted by Crippen LogP contribution is 2.07. The fraction of sp³-hybridized carbons (Fsp3) is 0.500. The van der Waals surface area contributed by atoms with Crippen LogP contribution in [-0.4, -0.2) is 34.1 Å². The summed E-state index contributed by atoms with van der Waals surface area (Å²) >= 11 is 0.